The van der Waals surface area contributed by atoms with Crippen molar-refractivity contribution in [2.75, 3.05) is 0 Å². The third-order valence-electron chi connectivity index (χ3n) is 4.75. The zero-order valence-corrected chi connectivity index (χ0v) is 15.7. The van der Waals surface area contributed by atoms with Crippen LogP contribution in [0.2, 0.25) is 0 Å². The zero-order chi connectivity index (χ0) is 18.3. The quantitative estimate of drug-likeness (QED) is 0.745. The van der Waals surface area contributed by atoms with Gasteiger partial charge in [0.05, 0.1) is 18.1 Å². The van der Waals surface area contributed by atoms with Crippen molar-refractivity contribution in [3.63, 3.8) is 0 Å². The fourth-order valence-electron chi connectivity index (χ4n) is 3.35. The molecule has 7 heteroatoms. The number of aromatic nitrogens is 3. The van der Waals surface area contributed by atoms with Gasteiger partial charge in [0, 0.05) is 23.0 Å². The molecule has 6 nitrogen and oxygen atoms in total. The average Bonchev–Trinajstić information content (AvgIpc) is 2.92. The highest BCUT2D eigenvalue weighted by Crippen LogP contribution is 2.39. The highest BCUT2D eigenvalue weighted by Gasteiger charge is 2.25. The molecule has 1 fully saturated rings. The lowest BCUT2D eigenvalue weighted by Crippen LogP contribution is -2.30. The van der Waals surface area contributed by atoms with E-state index in [0.717, 1.165) is 23.9 Å². The lowest BCUT2D eigenvalue weighted by atomic mass is 9.92. The van der Waals surface area contributed by atoms with Crippen molar-refractivity contribution in [3.05, 3.63) is 42.7 Å². The molecule has 4 rings (SSSR count). The molecule has 1 aliphatic carbocycles. The summed E-state index contributed by atoms with van der Waals surface area (Å²) in [5.41, 5.74) is 2.12. The van der Waals surface area contributed by atoms with E-state index in [4.69, 9.17) is 0 Å². The molecule has 136 valence electrons. The first-order valence-corrected chi connectivity index (χ1v) is 10.4. The largest absolute Gasteiger partial charge is 0.335 e. The lowest BCUT2D eigenvalue weighted by Gasteiger charge is -2.29. The Bertz CT molecular complexity index is 1040. The van der Waals surface area contributed by atoms with E-state index >= 15 is 0 Å². The Hall–Kier alpha value is -2.25. The number of nitrogens with one attached hydrogen (secondary N) is 1. The summed E-state index contributed by atoms with van der Waals surface area (Å²) in [4.78, 5) is 8.82. The van der Waals surface area contributed by atoms with Gasteiger partial charge >= 0.3 is 0 Å². The highest BCUT2D eigenvalue weighted by atomic mass is 32.2. The van der Waals surface area contributed by atoms with Gasteiger partial charge in [0.2, 0.25) is 10.0 Å². The fourth-order valence-corrected chi connectivity index (χ4v) is 4.49. The molecule has 0 saturated heterocycles. The van der Waals surface area contributed by atoms with Gasteiger partial charge in [-0.25, -0.2) is 23.1 Å². The number of rotatable bonds is 5. The normalized spacial score (nSPS) is 15.5. The standard InChI is InChI=1S/C19H22N4O2S/c1-13(2)22-26(24,25)16-11-20-19(21-12-16)18-10-14-6-3-4-9-17(14)23(18)15-7-5-8-15/h3-4,6,9-13,15,22H,5,7-8H2,1-2H3. The maximum atomic E-state index is 12.3. The summed E-state index contributed by atoms with van der Waals surface area (Å²) in [6, 6.07) is 10.6. The van der Waals surface area contributed by atoms with Gasteiger partial charge in [0.25, 0.3) is 0 Å². The van der Waals surface area contributed by atoms with Crippen molar-refractivity contribution < 1.29 is 8.42 Å². The van der Waals surface area contributed by atoms with Crippen molar-refractivity contribution in [1.29, 1.82) is 0 Å². The van der Waals surface area contributed by atoms with Gasteiger partial charge in [-0.2, -0.15) is 0 Å². The first-order chi connectivity index (χ1) is 12.5. The van der Waals surface area contributed by atoms with E-state index in [1.165, 1.54) is 24.3 Å². The number of nitrogens with zero attached hydrogens (tertiary/aromatic N) is 3. The molecule has 26 heavy (non-hydrogen) atoms. The van der Waals surface area contributed by atoms with Crippen LogP contribution in [0.5, 0.6) is 0 Å². The number of fused-ring (bicyclic) bond motifs is 1. The molecule has 3 aromatic rings. The van der Waals surface area contributed by atoms with Crippen molar-refractivity contribution in [2.24, 2.45) is 0 Å². The molecule has 2 heterocycles. The second-order valence-corrected chi connectivity index (χ2v) is 8.78. The molecule has 0 unspecified atom stereocenters. The minimum absolute atomic E-state index is 0.0845. The van der Waals surface area contributed by atoms with E-state index in [9.17, 15) is 8.42 Å². The monoisotopic (exact) mass is 370 g/mol. The summed E-state index contributed by atoms with van der Waals surface area (Å²) in [7, 11) is -3.58. The van der Waals surface area contributed by atoms with E-state index in [0.29, 0.717) is 11.9 Å². The van der Waals surface area contributed by atoms with Crippen LogP contribution >= 0.6 is 0 Å². The van der Waals surface area contributed by atoms with Crippen LogP contribution in [-0.4, -0.2) is 29.0 Å². The van der Waals surface area contributed by atoms with Gasteiger partial charge in [0.15, 0.2) is 5.82 Å². The summed E-state index contributed by atoms with van der Waals surface area (Å²) in [6.45, 7) is 3.56. The Labute approximate surface area is 153 Å². The van der Waals surface area contributed by atoms with E-state index in [2.05, 4.69) is 37.5 Å². The number of sulfonamides is 1. The molecule has 1 aliphatic rings. The van der Waals surface area contributed by atoms with E-state index in [1.54, 1.807) is 13.8 Å². The van der Waals surface area contributed by atoms with Crippen LogP contribution in [0.4, 0.5) is 0 Å². The predicted molar refractivity (Wildman–Crippen MR) is 101 cm³/mol. The van der Waals surface area contributed by atoms with Crippen LogP contribution in [0, 0.1) is 0 Å². The van der Waals surface area contributed by atoms with Crippen LogP contribution in [0.25, 0.3) is 22.4 Å². The van der Waals surface area contributed by atoms with Crippen molar-refractivity contribution in [3.8, 4) is 11.5 Å². The lowest BCUT2D eigenvalue weighted by molar-refractivity contribution is 0.324. The summed E-state index contributed by atoms with van der Waals surface area (Å²) in [6.07, 6.45) is 6.30. The first kappa shape index (κ1) is 17.2. The second kappa shape index (κ2) is 6.48. The second-order valence-electron chi connectivity index (χ2n) is 7.06. The molecule has 1 N–H and O–H groups in total. The molecule has 0 bridgehead atoms. The summed E-state index contributed by atoms with van der Waals surface area (Å²) >= 11 is 0. The molecule has 1 saturated carbocycles. The van der Waals surface area contributed by atoms with Crippen LogP contribution in [-0.2, 0) is 10.0 Å². The fraction of sp³-hybridized carbons (Fsp3) is 0.368. The molecular weight excluding hydrogens is 348 g/mol. The van der Waals surface area contributed by atoms with E-state index in [1.807, 2.05) is 12.1 Å². The van der Waals surface area contributed by atoms with Gasteiger partial charge in [0.1, 0.15) is 4.90 Å². The van der Waals surface area contributed by atoms with Gasteiger partial charge < -0.3 is 4.57 Å². The van der Waals surface area contributed by atoms with Crippen molar-refractivity contribution >= 4 is 20.9 Å². The molecule has 1 aromatic carbocycles. The molecule has 0 amide bonds. The zero-order valence-electron chi connectivity index (χ0n) is 14.9. The Morgan fingerprint density at radius 3 is 2.46 bits per heavy atom. The van der Waals surface area contributed by atoms with E-state index < -0.39 is 10.0 Å². The third-order valence-corrected chi connectivity index (χ3v) is 6.36. The number of benzene rings is 1. The van der Waals surface area contributed by atoms with E-state index in [-0.39, 0.29) is 10.9 Å². The van der Waals surface area contributed by atoms with Crippen molar-refractivity contribution in [2.45, 2.75) is 50.1 Å². The first-order valence-electron chi connectivity index (χ1n) is 8.90. The molecule has 2 aromatic heterocycles. The maximum Gasteiger partial charge on any atom is 0.243 e. The van der Waals surface area contributed by atoms with Crippen LogP contribution in [0.15, 0.2) is 47.6 Å². The average molecular weight is 370 g/mol. The molecule has 0 atom stereocenters. The van der Waals surface area contributed by atoms with Crippen LogP contribution < -0.4 is 4.72 Å². The smallest absolute Gasteiger partial charge is 0.243 e. The van der Waals surface area contributed by atoms with Gasteiger partial charge in [-0.3, -0.25) is 0 Å². The summed E-state index contributed by atoms with van der Waals surface area (Å²) < 4.78 is 29.4. The van der Waals surface area contributed by atoms with Crippen LogP contribution in [0.1, 0.15) is 39.2 Å². The minimum Gasteiger partial charge on any atom is -0.335 e. The van der Waals surface area contributed by atoms with Gasteiger partial charge in [-0.15, -0.1) is 0 Å². The molecule has 0 spiro atoms. The SMILES string of the molecule is CC(C)NS(=O)(=O)c1cnc(-c2cc3ccccc3n2C2CCC2)nc1. The number of para-hydroxylation sites is 1. The third kappa shape index (κ3) is 3.01. The topological polar surface area (TPSA) is 76.9 Å². The van der Waals surface area contributed by atoms with Crippen molar-refractivity contribution in [1.82, 2.24) is 19.3 Å². The Morgan fingerprint density at radius 1 is 1.15 bits per heavy atom. The Kier molecular flexibility index (Phi) is 4.28. The minimum atomic E-state index is -3.58. The predicted octanol–water partition coefficient (Wildman–Crippen LogP) is 3.51. The highest BCUT2D eigenvalue weighted by molar-refractivity contribution is 7.89. The van der Waals surface area contributed by atoms with Crippen LogP contribution in [0.3, 0.4) is 0 Å². The Morgan fingerprint density at radius 2 is 1.85 bits per heavy atom. The number of hydrogen-bond donors (Lipinski definition) is 1. The maximum absolute atomic E-state index is 12.3. The number of hydrogen-bond acceptors (Lipinski definition) is 4. The van der Waals surface area contributed by atoms with Gasteiger partial charge in [-0.1, -0.05) is 18.2 Å². The summed E-state index contributed by atoms with van der Waals surface area (Å²) in [5.74, 6) is 0.552. The Balaban J connectivity index is 1.76. The summed E-state index contributed by atoms with van der Waals surface area (Å²) in [5, 5.41) is 1.15. The molecule has 0 aliphatic heterocycles. The molecular formula is C19H22N4O2S. The van der Waals surface area contributed by atoms with Gasteiger partial charge in [-0.05, 0) is 45.2 Å². The molecule has 0 radical (unpaired) electrons.